The van der Waals surface area contributed by atoms with Crippen LogP contribution in [0.2, 0.25) is 0 Å². The minimum Gasteiger partial charge on any atom is -0.481 e. The highest BCUT2D eigenvalue weighted by atomic mass is 19.1. The molecule has 0 spiro atoms. The van der Waals surface area contributed by atoms with Gasteiger partial charge in [0.15, 0.2) is 0 Å². The molecule has 0 unspecified atom stereocenters. The van der Waals surface area contributed by atoms with Crippen molar-refractivity contribution in [3.05, 3.63) is 35.6 Å². The number of aliphatic carboxylic acids is 1. The Labute approximate surface area is 133 Å². The van der Waals surface area contributed by atoms with E-state index in [4.69, 9.17) is 9.84 Å². The zero-order chi connectivity index (χ0) is 17.0. The lowest BCUT2D eigenvalue weighted by atomic mass is 10.1. The van der Waals surface area contributed by atoms with Crippen LogP contribution in [0.4, 0.5) is 4.39 Å². The summed E-state index contributed by atoms with van der Waals surface area (Å²) in [5, 5.41) is 19.1. The van der Waals surface area contributed by atoms with Crippen LogP contribution >= 0.6 is 0 Å². The third-order valence-corrected chi connectivity index (χ3v) is 4.04. The summed E-state index contributed by atoms with van der Waals surface area (Å²) in [5.41, 5.74) is 0.315. The molecule has 0 aliphatic carbocycles. The maximum Gasteiger partial charge on any atom is 0.305 e. The molecule has 0 radical (unpaired) electrons. The summed E-state index contributed by atoms with van der Waals surface area (Å²) in [6, 6.07) is 4.98. The van der Waals surface area contributed by atoms with Crippen molar-refractivity contribution in [2.75, 3.05) is 13.7 Å². The Bertz CT molecular complexity index is 579. The number of rotatable bonds is 6. The van der Waals surface area contributed by atoms with Crippen molar-refractivity contribution in [3.63, 3.8) is 0 Å². The van der Waals surface area contributed by atoms with Crippen molar-refractivity contribution in [3.8, 4) is 0 Å². The van der Waals surface area contributed by atoms with Gasteiger partial charge in [0.2, 0.25) is 5.91 Å². The number of aliphatic hydroxyl groups excluding tert-OH is 1. The number of hydrogen-bond acceptors (Lipinski definition) is 4. The first kappa shape index (κ1) is 17.4. The van der Waals surface area contributed by atoms with Gasteiger partial charge in [0.1, 0.15) is 5.82 Å². The number of carboxylic acids is 1. The number of carbonyl (C=O) groups excluding carboxylic acids is 1. The second-order valence-corrected chi connectivity index (χ2v) is 5.67. The molecular formula is C16H20FNO5. The molecule has 2 rings (SSSR count). The topological polar surface area (TPSA) is 87.1 Å². The molecular weight excluding hydrogens is 305 g/mol. The number of likely N-dealkylation sites (tertiary alicyclic amines) is 1. The van der Waals surface area contributed by atoms with Crippen LogP contribution in [0.15, 0.2) is 24.3 Å². The molecule has 1 aliphatic heterocycles. The third-order valence-electron chi connectivity index (χ3n) is 4.04. The highest BCUT2D eigenvalue weighted by Crippen LogP contribution is 2.26. The predicted molar refractivity (Wildman–Crippen MR) is 79.1 cm³/mol. The minimum atomic E-state index is -1.13. The fraction of sp³-hybridized carbons (Fsp3) is 0.500. The predicted octanol–water partition coefficient (Wildman–Crippen LogP) is 1.34. The molecule has 6 nitrogen and oxygen atoms in total. The Kier molecular flexibility index (Phi) is 5.68. The Hall–Kier alpha value is -1.99. The first-order chi connectivity index (χ1) is 10.9. The van der Waals surface area contributed by atoms with Crippen LogP contribution in [0.3, 0.4) is 0 Å². The quantitative estimate of drug-likeness (QED) is 0.824. The van der Waals surface area contributed by atoms with Crippen molar-refractivity contribution in [1.82, 2.24) is 4.90 Å². The standard InChI is InChI=1S/C16H20FNO5/c1-23-13-6-12(7-16(21)22)18(9-13)15(20)8-14(19)10-3-2-4-11(17)5-10/h2-5,12-14,19H,6-9H2,1H3,(H,21,22)/t12-,13+,14+/m0/s1. The second kappa shape index (κ2) is 7.52. The number of methoxy groups -OCH3 is 1. The normalized spacial score (nSPS) is 22.1. The lowest BCUT2D eigenvalue weighted by molar-refractivity contribution is -0.140. The lowest BCUT2D eigenvalue weighted by Crippen LogP contribution is -2.38. The molecule has 1 fully saturated rings. The van der Waals surface area contributed by atoms with E-state index in [0.717, 1.165) is 0 Å². The summed E-state index contributed by atoms with van der Waals surface area (Å²) in [5.74, 6) is -1.85. The van der Waals surface area contributed by atoms with Gasteiger partial charge in [-0.25, -0.2) is 4.39 Å². The molecule has 2 N–H and O–H groups in total. The number of amides is 1. The van der Waals surface area contributed by atoms with E-state index in [-0.39, 0.29) is 24.9 Å². The van der Waals surface area contributed by atoms with Gasteiger partial charge < -0.3 is 19.8 Å². The number of nitrogens with zero attached hydrogens (tertiary/aromatic N) is 1. The van der Waals surface area contributed by atoms with E-state index < -0.39 is 23.9 Å². The highest BCUT2D eigenvalue weighted by molar-refractivity contribution is 5.78. The average Bonchev–Trinajstić information content (AvgIpc) is 2.89. The average molecular weight is 325 g/mol. The summed E-state index contributed by atoms with van der Waals surface area (Å²) in [6.45, 7) is 0.295. The molecule has 3 atom stereocenters. The van der Waals surface area contributed by atoms with Crippen molar-refractivity contribution in [2.45, 2.75) is 37.5 Å². The molecule has 23 heavy (non-hydrogen) atoms. The number of benzene rings is 1. The smallest absolute Gasteiger partial charge is 0.305 e. The van der Waals surface area contributed by atoms with E-state index >= 15 is 0 Å². The Morgan fingerprint density at radius 2 is 2.22 bits per heavy atom. The van der Waals surface area contributed by atoms with E-state index in [1.807, 2.05) is 0 Å². The third kappa shape index (κ3) is 4.49. The molecule has 1 saturated heterocycles. The van der Waals surface area contributed by atoms with Crippen LogP contribution in [0.1, 0.15) is 30.9 Å². The summed E-state index contributed by atoms with van der Waals surface area (Å²) in [7, 11) is 1.51. The summed E-state index contributed by atoms with van der Waals surface area (Å²) in [6.07, 6.45) is -1.29. The number of carbonyl (C=O) groups is 2. The van der Waals surface area contributed by atoms with Gasteiger partial charge in [-0.15, -0.1) is 0 Å². The fourth-order valence-electron chi connectivity index (χ4n) is 2.86. The molecule has 1 aliphatic rings. The van der Waals surface area contributed by atoms with E-state index in [1.165, 1.54) is 36.3 Å². The summed E-state index contributed by atoms with van der Waals surface area (Å²) >= 11 is 0. The van der Waals surface area contributed by atoms with Crippen LogP contribution in [0, 0.1) is 5.82 Å². The second-order valence-electron chi connectivity index (χ2n) is 5.67. The fourth-order valence-corrected chi connectivity index (χ4v) is 2.86. The van der Waals surface area contributed by atoms with Gasteiger partial charge in [-0.1, -0.05) is 12.1 Å². The first-order valence-corrected chi connectivity index (χ1v) is 7.38. The molecule has 1 heterocycles. The first-order valence-electron chi connectivity index (χ1n) is 7.38. The molecule has 7 heteroatoms. The van der Waals surface area contributed by atoms with Crippen LogP contribution < -0.4 is 0 Å². The van der Waals surface area contributed by atoms with Crippen LogP contribution in [0.25, 0.3) is 0 Å². The van der Waals surface area contributed by atoms with Gasteiger partial charge >= 0.3 is 5.97 Å². The maximum absolute atomic E-state index is 13.2. The molecule has 1 amide bonds. The van der Waals surface area contributed by atoms with Gasteiger partial charge in [-0.05, 0) is 24.1 Å². The molecule has 0 saturated carbocycles. The Morgan fingerprint density at radius 1 is 1.48 bits per heavy atom. The van der Waals surface area contributed by atoms with Crippen LogP contribution in [0.5, 0.6) is 0 Å². The highest BCUT2D eigenvalue weighted by Gasteiger charge is 2.37. The van der Waals surface area contributed by atoms with Gasteiger partial charge in [-0.2, -0.15) is 0 Å². The number of aliphatic hydroxyl groups is 1. The molecule has 1 aromatic rings. The van der Waals surface area contributed by atoms with Crippen molar-refractivity contribution >= 4 is 11.9 Å². The lowest BCUT2D eigenvalue weighted by Gasteiger charge is -2.24. The number of carboxylic acid groups (broad SMARTS) is 1. The van der Waals surface area contributed by atoms with Crippen molar-refractivity contribution in [2.24, 2.45) is 0 Å². The molecule has 0 bridgehead atoms. The monoisotopic (exact) mass is 325 g/mol. The SMILES string of the molecule is CO[C@@H]1C[C@@H](CC(=O)O)N(C(=O)C[C@@H](O)c2cccc(F)c2)C1. The van der Waals surface area contributed by atoms with E-state index in [2.05, 4.69) is 0 Å². The molecule has 0 aromatic heterocycles. The Balaban J connectivity index is 2.04. The van der Waals surface area contributed by atoms with Gasteiger partial charge in [-0.3, -0.25) is 9.59 Å². The van der Waals surface area contributed by atoms with Gasteiger partial charge in [0.25, 0.3) is 0 Å². The van der Waals surface area contributed by atoms with Crippen molar-refractivity contribution in [1.29, 1.82) is 0 Å². The van der Waals surface area contributed by atoms with E-state index in [1.54, 1.807) is 0 Å². The maximum atomic E-state index is 13.2. The van der Waals surface area contributed by atoms with Gasteiger partial charge in [0.05, 0.1) is 25.0 Å². The van der Waals surface area contributed by atoms with Crippen molar-refractivity contribution < 1.29 is 28.9 Å². The van der Waals surface area contributed by atoms with Gasteiger partial charge in [0, 0.05) is 19.7 Å². The van der Waals surface area contributed by atoms with E-state index in [0.29, 0.717) is 18.5 Å². The summed E-state index contributed by atoms with van der Waals surface area (Å²) < 4.78 is 18.4. The number of ether oxygens (including phenoxy) is 1. The van der Waals surface area contributed by atoms with Crippen LogP contribution in [-0.4, -0.2) is 52.8 Å². The molecule has 126 valence electrons. The zero-order valence-corrected chi connectivity index (χ0v) is 12.8. The van der Waals surface area contributed by atoms with E-state index in [9.17, 15) is 19.1 Å². The molecule has 1 aromatic carbocycles. The Morgan fingerprint density at radius 3 is 2.83 bits per heavy atom. The largest absolute Gasteiger partial charge is 0.481 e. The minimum absolute atomic E-state index is 0.165. The number of halogens is 1. The van der Waals surface area contributed by atoms with Crippen LogP contribution in [-0.2, 0) is 14.3 Å². The number of hydrogen-bond donors (Lipinski definition) is 2. The zero-order valence-electron chi connectivity index (χ0n) is 12.8. The summed E-state index contributed by atoms with van der Waals surface area (Å²) in [4.78, 5) is 24.8.